The maximum Gasteiger partial charge on any atom is 0.326 e. The minimum atomic E-state index is -0.980. The van der Waals surface area contributed by atoms with Gasteiger partial charge < -0.3 is 15.7 Å². The highest BCUT2D eigenvalue weighted by atomic mass is 32.2. The molecule has 16 heavy (non-hydrogen) atoms. The molecule has 0 bridgehead atoms. The van der Waals surface area contributed by atoms with Crippen LogP contribution in [0, 0.1) is 0 Å². The van der Waals surface area contributed by atoms with E-state index in [1.807, 2.05) is 20.1 Å². The molecule has 0 aliphatic rings. The van der Waals surface area contributed by atoms with E-state index in [2.05, 4.69) is 10.6 Å². The summed E-state index contributed by atoms with van der Waals surface area (Å²) in [6.45, 7) is 4.01. The van der Waals surface area contributed by atoms with E-state index in [1.54, 1.807) is 11.8 Å². The molecule has 1 unspecified atom stereocenters. The van der Waals surface area contributed by atoms with Crippen LogP contribution in [0.15, 0.2) is 0 Å². The molecule has 1 atom stereocenters. The largest absolute Gasteiger partial charge is 0.480 e. The number of aliphatic carboxylic acids is 1. The van der Waals surface area contributed by atoms with E-state index in [0.717, 1.165) is 5.75 Å². The molecule has 0 aromatic rings. The topological polar surface area (TPSA) is 78.4 Å². The molecule has 0 aromatic carbocycles. The number of hydrogen-bond donors (Lipinski definition) is 3. The Morgan fingerprint density at radius 2 is 2.00 bits per heavy atom. The van der Waals surface area contributed by atoms with Gasteiger partial charge in [0.25, 0.3) is 0 Å². The Kier molecular flexibility index (Phi) is 8.01. The lowest BCUT2D eigenvalue weighted by atomic mass is 10.2. The van der Waals surface area contributed by atoms with Crippen LogP contribution < -0.4 is 10.6 Å². The second-order valence-corrected chi connectivity index (χ2v) is 4.76. The predicted molar refractivity (Wildman–Crippen MR) is 65.7 cm³/mol. The summed E-state index contributed by atoms with van der Waals surface area (Å²) >= 11 is 1.56. The average molecular weight is 248 g/mol. The van der Waals surface area contributed by atoms with Gasteiger partial charge in [-0.15, -0.1) is 0 Å². The Morgan fingerprint density at radius 3 is 2.44 bits per heavy atom. The maximum atomic E-state index is 11.4. The molecule has 0 fully saturated rings. The van der Waals surface area contributed by atoms with Crippen LogP contribution in [0.2, 0.25) is 0 Å². The van der Waals surface area contributed by atoms with E-state index in [1.165, 1.54) is 0 Å². The zero-order valence-corrected chi connectivity index (χ0v) is 10.8. The second kappa shape index (κ2) is 8.41. The van der Waals surface area contributed by atoms with Gasteiger partial charge in [-0.05, 0) is 18.4 Å². The minimum Gasteiger partial charge on any atom is -0.480 e. The lowest BCUT2D eigenvalue weighted by Gasteiger charge is -2.15. The van der Waals surface area contributed by atoms with Gasteiger partial charge in [0.15, 0.2) is 0 Å². The van der Waals surface area contributed by atoms with Crippen LogP contribution in [0.5, 0.6) is 0 Å². The maximum absolute atomic E-state index is 11.4. The van der Waals surface area contributed by atoms with Crippen molar-refractivity contribution in [2.75, 3.05) is 18.6 Å². The second-order valence-electron chi connectivity index (χ2n) is 3.78. The summed E-state index contributed by atoms with van der Waals surface area (Å²) < 4.78 is 0. The first-order valence-corrected chi connectivity index (χ1v) is 6.61. The fourth-order valence-corrected chi connectivity index (χ4v) is 1.51. The number of carboxylic acids is 1. The van der Waals surface area contributed by atoms with Crippen LogP contribution in [-0.2, 0) is 9.59 Å². The summed E-state index contributed by atoms with van der Waals surface area (Å²) in [6, 6.07) is -0.575. The molecule has 0 radical (unpaired) electrons. The fourth-order valence-electron chi connectivity index (χ4n) is 1.04. The molecule has 94 valence electrons. The highest BCUT2D eigenvalue weighted by Gasteiger charge is 2.18. The molecule has 0 aromatic heterocycles. The van der Waals surface area contributed by atoms with Crippen molar-refractivity contribution in [3.8, 4) is 0 Å². The summed E-state index contributed by atoms with van der Waals surface area (Å²) in [6.07, 6.45) is 2.35. The van der Waals surface area contributed by atoms with E-state index in [-0.39, 0.29) is 18.5 Å². The Balaban J connectivity index is 3.98. The Labute approximate surface area is 100 Å². The van der Waals surface area contributed by atoms with Gasteiger partial charge in [0, 0.05) is 6.04 Å². The molecule has 6 heteroatoms. The van der Waals surface area contributed by atoms with Gasteiger partial charge in [-0.2, -0.15) is 11.8 Å². The van der Waals surface area contributed by atoms with Crippen LogP contribution in [0.4, 0.5) is 0 Å². The average Bonchev–Trinajstić information content (AvgIpc) is 2.20. The van der Waals surface area contributed by atoms with E-state index in [4.69, 9.17) is 5.11 Å². The molecule has 3 N–H and O–H groups in total. The third-order valence-corrected chi connectivity index (χ3v) is 2.56. The molecule has 0 heterocycles. The third-order valence-electron chi connectivity index (χ3n) is 1.91. The van der Waals surface area contributed by atoms with E-state index < -0.39 is 12.0 Å². The molecule has 5 nitrogen and oxygen atoms in total. The molecular weight excluding hydrogens is 228 g/mol. The molecule has 0 saturated carbocycles. The predicted octanol–water partition coefficient (Wildman–Crippen LogP) is 0.307. The number of thioether (sulfide) groups is 1. The van der Waals surface area contributed by atoms with Gasteiger partial charge in [-0.3, -0.25) is 4.79 Å². The molecule has 0 saturated heterocycles. The molecule has 1 amide bonds. The molecule has 0 aliphatic heterocycles. The summed E-state index contributed by atoms with van der Waals surface area (Å²) in [5.74, 6) is -0.538. The van der Waals surface area contributed by atoms with Gasteiger partial charge in [-0.25, -0.2) is 4.79 Å². The zero-order chi connectivity index (χ0) is 12.6. The first kappa shape index (κ1) is 15.2. The zero-order valence-electron chi connectivity index (χ0n) is 9.95. The number of amides is 1. The van der Waals surface area contributed by atoms with Crippen molar-refractivity contribution in [3.05, 3.63) is 0 Å². The van der Waals surface area contributed by atoms with Gasteiger partial charge in [0.05, 0.1) is 6.54 Å². The normalized spacial score (nSPS) is 12.5. The van der Waals surface area contributed by atoms with Gasteiger partial charge in [0.2, 0.25) is 5.91 Å². The van der Waals surface area contributed by atoms with Crippen molar-refractivity contribution in [2.45, 2.75) is 32.4 Å². The van der Waals surface area contributed by atoms with Gasteiger partial charge >= 0.3 is 5.97 Å². The quantitative estimate of drug-likeness (QED) is 0.576. The Morgan fingerprint density at radius 1 is 1.38 bits per heavy atom. The lowest BCUT2D eigenvalue weighted by Crippen LogP contribution is -2.45. The van der Waals surface area contributed by atoms with Crippen molar-refractivity contribution in [3.63, 3.8) is 0 Å². The van der Waals surface area contributed by atoms with Crippen molar-refractivity contribution in [2.24, 2.45) is 0 Å². The first-order chi connectivity index (χ1) is 7.47. The van der Waals surface area contributed by atoms with E-state index in [9.17, 15) is 9.59 Å². The number of carbonyl (C=O) groups excluding carboxylic acids is 1. The van der Waals surface area contributed by atoms with Gasteiger partial charge in [-0.1, -0.05) is 13.8 Å². The van der Waals surface area contributed by atoms with E-state index >= 15 is 0 Å². The van der Waals surface area contributed by atoms with Crippen molar-refractivity contribution in [1.29, 1.82) is 0 Å². The number of nitrogens with one attached hydrogen (secondary N) is 2. The van der Waals surface area contributed by atoms with Crippen molar-refractivity contribution < 1.29 is 14.7 Å². The summed E-state index contributed by atoms with van der Waals surface area (Å²) in [5.41, 5.74) is 0. The van der Waals surface area contributed by atoms with Crippen molar-refractivity contribution in [1.82, 2.24) is 10.6 Å². The molecular formula is C10H20N2O3S. The first-order valence-electron chi connectivity index (χ1n) is 5.21. The Bertz CT molecular complexity index is 234. The number of carboxylic acid groups (broad SMARTS) is 1. The fraction of sp³-hybridized carbons (Fsp3) is 0.800. The molecule has 0 aliphatic carbocycles. The van der Waals surface area contributed by atoms with Crippen LogP contribution in [0.1, 0.15) is 20.3 Å². The van der Waals surface area contributed by atoms with Crippen LogP contribution >= 0.6 is 11.8 Å². The SMILES string of the molecule is CSCCC(NC(=O)CNC(C)C)C(=O)O. The van der Waals surface area contributed by atoms with Crippen molar-refractivity contribution >= 4 is 23.6 Å². The molecule has 0 rings (SSSR count). The summed E-state index contributed by atoms with van der Waals surface area (Å²) in [4.78, 5) is 22.2. The lowest BCUT2D eigenvalue weighted by molar-refractivity contribution is -0.141. The highest BCUT2D eigenvalue weighted by molar-refractivity contribution is 7.98. The summed E-state index contributed by atoms with van der Waals surface area (Å²) in [5, 5.41) is 14.3. The third kappa shape index (κ3) is 7.53. The standard InChI is InChI=1S/C10H20N2O3S/c1-7(2)11-6-9(13)12-8(10(14)15)4-5-16-3/h7-8,11H,4-6H2,1-3H3,(H,12,13)(H,14,15). The molecule has 0 spiro atoms. The number of carbonyl (C=O) groups is 2. The smallest absolute Gasteiger partial charge is 0.326 e. The monoisotopic (exact) mass is 248 g/mol. The van der Waals surface area contributed by atoms with Crippen LogP contribution in [0.3, 0.4) is 0 Å². The van der Waals surface area contributed by atoms with Gasteiger partial charge in [0.1, 0.15) is 6.04 Å². The minimum absolute atomic E-state index is 0.153. The highest BCUT2D eigenvalue weighted by Crippen LogP contribution is 2.00. The Hall–Kier alpha value is -0.750. The van der Waals surface area contributed by atoms with Crippen LogP contribution in [0.25, 0.3) is 0 Å². The summed E-state index contributed by atoms with van der Waals surface area (Å²) in [7, 11) is 0. The van der Waals surface area contributed by atoms with Crippen LogP contribution in [-0.4, -0.2) is 47.6 Å². The number of hydrogen-bond acceptors (Lipinski definition) is 4. The van der Waals surface area contributed by atoms with E-state index in [0.29, 0.717) is 6.42 Å². The number of rotatable bonds is 8.